The Bertz CT molecular complexity index is 1200. The third-order valence-corrected chi connectivity index (χ3v) is 9.01. The van der Waals surface area contributed by atoms with Crippen molar-refractivity contribution >= 4 is 42.3 Å². The van der Waals surface area contributed by atoms with Crippen LogP contribution in [0.2, 0.25) is 5.02 Å². The van der Waals surface area contributed by atoms with E-state index in [2.05, 4.69) is 84.7 Å². The van der Waals surface area contributed by atoms with Gasteiger partial charge in [0, 0.05) is 54.8 Å². The second-order valence-electron chi connectivity index (χ2n) is 10.7. The van der Waals surface area contributed by atoms with Gasteiger partial charge in [0.15, 0.2) is 0 Å². The van der Waals surface area contributed by atoms with Crippen molar-refractivity contribution in [1.82, 2.24) is 15.1 Å². The molecule has 5 atom stereocenters. The highest BCUT2D eigenvalue weighted by atomic mass is 35.5. The third-order valence-electron chi connectivity index (χ3n) is 8.77. The lowest BCUT2D eigenvalue weighted by Gasteiger charge is -2.57. The average Bonchev–Trinajstić information content (AvgIpc) is 2.98. The van der Waals surface area contributed by atoms with Gasteiger partial charge >= 0.3 is 0 Å². The third kappa shape index (κ3) is 7.03. The molecule has 1 amide bonds. The molecule has 3 saturated heterocycles. The highest BCUT2D eigenvalue weighted by molar-refractivity contribution is 6.30. The van der Waals surface area contributed by atoms with Gasteiger partial charge in [0.1, 0.15) is 5.75 Å². The summed E-state index contributed by atoms with van der Waals surface area (Å²) in [4.78, 5) is 18.4. The minimum Gasteiger partial charge on any atom is -0.496 e. The predicted molar refractivity (Wildman–Crippen MR) is 173 cm³/mol. The number of hydrogen-bond donors (Lipinski definition) is 1. The van der Waals surface area contributed by atoms with Crippen molar-refractivity contribution in [2.75, 3.05) is 33.3 Å². The van der Waals surface area contributed by atoms with Gasteiger partial charge in [0.2, 0.25) is 5.91 Å². The average molecular weight is 619 g/mol. The van der Waals surface area contributed by atoms with E-state index in [0.717, 1.165) is 43.9 Å². The predicted octanol–water partition coefficient (Wildman–Crippen LogP) is 6.67. The van der Waals surface area contributed by atoms with Crippen LogP contribution < -0.4 is 10.1 Å². The fourth-order valence-electron chi connectivity index (χ4n) is 6.92. The Balaban J connectivity index is 0.00000231. The number of carbonyl (C=O) groups is 1. The molecule has 0 aliphatic carbocycles. The number of benzene rings is 3. The fraction of sp³-hybridized carbons (Fsp3) is 0.424. The first-order valence-corrected chi connectivity index (χ1v) is 14.6. The van der Waals surface area contributed by atoms with E-state index < -0.39 is 0 Å². The van der Waals surface area contributed by atoms with Crippen LogP contribution in [0.1, 0.15) is 42.9 Å². The van der Waals surface area contributed by atoms with E-state index in [1.54, 1.807) is 7.11 Å². The van der Waals surface area contributed by atoms with Crippen molar-refractivity contribution in [3.05, 3.63) is 101 Å². The van der Waals surface area contributed by atoms with Gasteiger partial charge in [-0.3, -0.25) is 9.69 Å². The molecule has 3 aliphatic heterocycles. The van der Waals surface area contributed by atoms with Crippen LogP contribution in [-0.2, 0) is 11.3 Å². The largest absolute Gasteiger partial charge is 0.496 e. The van der Waals surface area contributed by atoms with Gasteiger partial charge in [0.05, 0.1) is 13.0 Å². The second-order valence-corrected chi connectivity index (χ2v) is 11.2. The molecule has 5 nitrogen and oxygen atoms in total. The van der Waals surface area contributed by atoms with Crippen LogP contribution in [0.5, 0.6) is 5.75 Å². The van der Waals surface area contributed by atoms with Gasteiger partial charge in [-0.15, -0.1) is 24.8 Å². The van der Waals surface area contributed by atoms with Crippen molar-refractivity contribution in [3.8, 4) is 5.75 Å². The Morgan fingerprint density at radius 1 is 1.00 bits per heavy atom. The lowest BCUT2D eigenvalue weighted by molar-refractivity contribution is -0.145. The van der Waals surface area contributed by atoms with E-state index in [9.17, 15) is 4.79 Å². The van der Waals surface area contributed by atoms with Crippen molar-refractivity contribution in [1.29, 1.82) is 0 Å². The molecule has 5 unspecified atom stereocenters. The van der Waals surface area contributed by atoms with Crippen LogP contribution in [0, 0.1) is 11.8 Å². The monoisotopic (exact) mass is 617 g/mol. The van der Waals surface area contributed by atoms with E-state index in [-0.39, 0.29) is 60.6 Å². The molecule has 3 aliphatic rings. The normalized spacial score (nSPS) is 22.9. The summed E-state index contributed by atoms with van der Waals surface area (Å²) in [6, 6.07) is 27.8. The van der Waals surface area contributed by atoms with Crippen LogP contribution >= 0.6 is 36.4 Å². The smallest absolute Gasteiger partial charge is 0.227 e. The van der Waals surface area contributed by atoms with Gasteiger partial charge in [-0.1, -0.05) is 72.3 Å². The number of nitrogens with one attached hydrogen (secondary N) is 1. The SMILES string of the molecule is CCN(CC)C(=O)C1CN2CCC1C(NCc1cc(Cl)ccc1OC)C2C(c1ccccc1)c1ccccc1.Cl.Cl. The molecule has 6 rings (SSSR count). The van der Waals surface area contributed by atoms with Gasteiger partial charge < -0.3 is 15.0 Å². The molecule has 2 bridgehead atoms. The topological polar surface area (TPSA) is 44.8 Å². The number of ether oxygens (including phenoxy) is 1. The van der Waals surface area contributed by atoms with Gasteiger partial charge in [-0.25, -0.2) is 0 Å². The maximum Gasteiger partial charge on any atom is 0.227 e. The molecule has 0 spiro atoms. The number of halogens is 3. The maximum atomic E-state index is 13.8. The maximum absolute atomic E-state index is 13.8. The summed E-state index contributed by atoms with van der Waals surface area (Å²) in [6.45, 7) is 8.08. The standard InChI is InChI=1S/C33H40ClN3O2.2ClH/c1-4-36(5-2)33(38)28-22-37-19-18-27(28)31(35-21-25-20-26(34)16-17-29(25)39-3)32(37)30(23-12-8-6-9-13-23)24-14-10-7-11-15-24;;/h6-17,20,27-28,30-32,35H,4-5,18-19,21-22H2,1-3H3;2*1H. The van der Waals surface area contributed by atoms with Crippen molar-refractivity contribution in [2.45, 2.75) is 44.8 Å². The van der Waals surface area contributed by atoms with Crippen LogP contribution in [0.3, 0.4) is 0 Å². The minimum atomic E-state index is -0.0131. The highest BCUT2D eigenvalue weighted by Crippen LogP contribution is 2.45. The molecule has 0 saturated carbocycles. The molecule has 3 fully saturated rings. The molecule has 0 radical (unpaired) electrons. The first-order chi connectivity index (χ1) is 19.0. The Morgan fingerprint density at radius 2 is 1.61 bits per heavy atom. The first-order valence-electron chi connectivity index (χ1n) is 14.2. The number of carbonyl (C=O) groups excluding carboxylic acids is 1. The zero-order chi connectivity index (χ0) is 27.4. The number of fused-ring (bicyclic) bond motifs is 3. The number of methoxy groups -OCH3 is 1. The molecule has 1 N–H and O–H groups in total. The summed E-state index contributed by atoms with van der Waals surface area (Å²) >= 11 is 6.39. The second kappa shape index (κ2) is 15.3. The van der Waals surface area contributed by atoms with Crippen molar-refractivity contribution < 1.29 is 9.53 Å². The Kier molecular flexibility index (Phi) is 12.4. The summed E-state index contributed by atoms with van der Waals surface area (Å²) in [6.07, 6.45) is 1.01. The fourth-order valence-corrected chi connectivity index (χ4v) is 7.11. The van der Waals surface area contributed by atoms with E-state index in [0.29, 0.717) is 11.6 Å². The van der Waals surface area contributed by atoms with Crippen molar-refractivity contribution in [3.63, 3.8) is 0 Å². The van der Waals surface area contributed by atoms with Crippen LogP contribution in [-0.4, -0.2) is 61.1 Å². The lowest BCUT2D eigenvalue weighted by atomic mass is 9.66. The zero-order valence-corrected chi connectivity index (χ0v) is 26.4. The Labute approximate surface area is 262 Å². The molecule has 3 heterocycles. The molecule has 3 aromatic carbocycles. The minimum absolute atomic E-state index is 0. The Hall–Kier alpha value is -2.28. The first kappa shape index (κ1) is 33.2. The van der Waals surface area contributed by atoms with Gasteiger partial charge in [-0.2, -0.15) is 0 Å². The summed E-state index contributed by atoms with van der Waals surface area (Å²) < 4.78 is 5.67. The molecule has 222 valence electrons. The van der Waals surface area contributed by atoms with Crippen molar-refractivity contribution in [2.24, 2.45) is 11.8 Å². The molecule has 3 aromatic rings. The van der Waals surface area contributed by atoms with Crippen LogP contribution in [0.25, 0.3) is 0 Å². The number of hydrogen-bond acceptors (Lipinski definition) is 4. The number of rotatable bonds is 10. The molecular formula is C33H42Cl3N3O2. The van der Waals surface area contributed by atoms with E-state index in [1.807, 2.05) is 23.1 Å². The van der Waals surface area contributed by atoms with E-state index in [1.165, 1.54) is 11.1 Å². The summed E-state index contributed by atoms with van der Waals surface area (Å²) in [5.74, 6) is 1.52. The Morgan fingerprint density at radius 3 is 2.17 bits per heavy atom. The van der Waals surface area contributed by atoms with Gasteiger partial charge in [0.25, 0.3) is 0 Å². The molecule has 0 aromatic heterocycles. The molecular weight excluding hydrogens is 577 g/mol. The van der Waals surface area contributed by atoms with Crippen LogP contribution in [0.15, 0.2) is 78.9 Å². The van der Waals surface area contributed by atoms with E-state index >= 15 is 0 Å². The van der Waals surface area contributed by atoms with E-state index in [4.69, 9.17) is 16.3 Å². The number of nitrogens with zero attached hydrogens (tertiary/aromatic N) is 2. The molecule has 41 heavy (non-hydrogen) atoms. The quantitative estimate of drug-likeness (QED) is 0.276. The summed E-state index contributed by atoms with van der Waals surface area (Å²) in [7, 11) is 1.70. The molecule has 8 heteroatoms. The highest BCUT2D eigenvalue weighted by Gasteiger charge is 2.52. The van der Waals surface area contributed by atoms with Crippen LogP contribution in [0.4, 0.5) is 0 Å². The van der Waals surface area contributed by atoms with Gasteiger partial charge in [-0.05, 0) is 62.1 Å². The lowest BCUT2D eigenvalue weighted by Crippen LogP contribution is -2.69. The zero-order valence-electron chi connectivity index (χ0n) is 24.0. The summed E-state index contributed by atoms with van der Waals surface area (Å²) in [5, 5.41) is 4.64. The summed E-state index contributed by atoms with van der Waals surface area (Å²) in [5.41, 5.74) is 3.64. The number of amides is 1. The number of piperidine rings is 3.